The van der Waals surface area contributed by atoms with Crippen LogP contribution >= 0.6 is 0 Å². The molecule has 1 aliphatic rings. The van der Waals surface area contributed by atoms with E-state index in [1.165, 1.54) is 0 Å². The molecule has 5 nitrogen and oxygen atoms in total. The van der Waals surface area contributed by atoms with E-state index in [1.807, 2.05) is 6.07 Å². The minimum absolute atomic E-state index is 0.264. The van der Waals surface area contributed by atoms with E-state index in [1.54, 1.807) is 18.5 Å². The molecule has 2 aromatic rings. The van der Waals surface area contributed by atoms with Crippen molar-refractivity contribution in [3.63, 3.8) is 0 Å². The first-order valence-corrected chi connectivity index (χ1v) is 6.95. The quantitative estimate of drug-likeness (QED) is 0.934. The van der Waals surface area contributed by atoms with Gasteiger partial charge < -0.3 is 14.4 Å². The molecule has 0 radical (unpaired) electrons. The zero-order valence-corrected chi connectivity index (χ0v) is 11.5. The van der Waals surface area contributed by atoms with Crippen molar-refractivity contribution in [1.82, 2.24) is 9.55 Å². The standard InChI is InChI=1S/C15H18N2O3/c1-10(11-5-7-20-8-6-11)17-9-16-14-12(15(18)19)3-2-4-13(14)17/h2-4,9-11H,5-8H2,1H3,(H,18,19). The van der Waals surface area contributed by atoms with Gasteiger partial charge in [0.25, 0.3) is 0 Å². The topological polar surface area (TPSA) is 64.4 Å². The molecule has 0 bridgehead atoms. The first-order valence-electron chi connectivity index (χ1n) is 6.95. The summed E-state index contributed by atoms with van der Waals surface area (Å²) in [5.41, 5.74) is 1.73. The van der Waals surface area contributed by atoms with E-state index >= 15 is 0 Å². The van der Waals surface area contributed by atoms with Gasteiger partial charge >= 0.3 is 5.97 Å². The molecule has 0 amide bonds. The lowest BCUT2D eigenvalue weighted by Crippen LogP contribution is -2.23. The molecule has 0 saturated carbocycles. The predicted molar refractivity (Wildman–Crippen MR) is 74.9 cm³/mol. The largest absolute Gasteiger partial charge is 0.478 e. The molecule has 1 fully saturated rings. The van der Waals surface area contributed by atoms with E-state index in [-0.39, 0.29) is 5.56 Å². The van der Waals surface area contributed by atoms with Crippen LogP contribution in [-0.2, 0) is 4.74 Å². The van der Waals surface area contributed by atoms with Crippen LogP contribution in [0.5, 0.6) is 0 Å². The van der Waals surface area contributed by atoms with Gasteiger partial charge in [0, 0.05) is 19.3 Å². The average Bonchev–Trinajstić information content (AvgIpc) is 2.91. The van der Waals surface area contributed by atoms with Gasteiger partial charge in [-0.2, -0.15) is 0 Å². The number of hydrogen-bond acceptors (Lipinski definition) is 3. The number of imidazole rings is 1. The fourth-order valence-electron chi connectivity index (χ4n) is 2.98. The van der Waals surface area contributed by atoms with Crippen molar-refractivity contribution in [2.45, 2.75) is 25.8 Å². The molecule has 5 heteroatoms. The third kappa shape index (κ3) is 2.18. The van der Waals surface area contributed by atoms with E-state index in [4.69, 9.17) is 4.74 Å². The van der Waals surface area contributed by atoms with Crippen LogP contribution in [-0.4, -0.2) is 33.8 Å². The summed E-state index contributed by atoms with van der Waals surface area (Å²) >= 11 is 0. The van der Waals surface area contributed by atoms with Crippen molar-refractivity contribution in [2.75, 3.05) is 13.2 Å². The maximum atomic E-state index is 11.2. The Labute approximate surface area is 117 Å². The average molecular weight is 274 g/mol. The number of ether oxygens (including phenoxy) is 1. The monoisotopic (exact) mass is 274 g/mol. The molecule has 1 unspecified atom stereocenters. The highest BCUT2D eigenvalue weighted by molar-refractivity contribution is 6.00. The van der Waals surface area contributed by atoms with Gasteiger partial charge in [-0.3, -0.25) is 0 Å². The van der Waals surface area contributed by atoms with E-state index in [0.717, 1.165) is 31.6 Å². The van der Waals surface area contributed by atoms with Crippen LogP contribution in [0.15, 0.2) is 24.5 Å². The fourth-order valence-corrected chi connectivity index (χ4v) is 2.98. The Bertz CT molecular complexity index is 629. The number of carboxylic acid groups (broad SMARTS) is 1. The summed E-state index contributed by atoms with van der Waals surface area (Å²) in [6.07, 6.45) is 3.84. The second-order valence-electron chi connectivity index (χ2n) is 5.32. The lowest BCUT2D eigenvalue weighted by molar-refractivity contribution is 0.0519. The molecular weight excluding hydrogens is 256 g/mol. The Morgan fingerprint density at radius 3 is 2.90 bits per heavy atom. The lowest BCUT2D eigenvalue weighted by Gasteiger charge is -2.29. The van der Waals surface area contributed by atoms with Gasteiger partial charge in [-0.1, -0.05) is 6.07 Å². The summed E-state index contributed by atoms with van der Waals surface area (Å²) < 4.78 is 7.50. The van der Waals surface area contributed by atoms with Gasteiger partial charge in [-0.05, 0) is 37.8 Å². The number of benzene rings is 1. The number of carbonyl (C=O) groups is 1. The molecule has 20 heavy (non-hydrogen) atoms. The minimum atomic E-state index is -0.931. The van der Waals surface area contributed by atoms with E-state index in [0.29, 0.717) is 17.5 Å². The van der Waals surface area contributed by atoms with Crippen molar-refractivity contribution in [3.05, 3.63) is 30.1 Å². The summed E-state index contributed by atoms with van der Waals surface area (Å²) in [6.45, 7) is 3.79. The smallest absolute Gasteiger partial charge is 0.337 e. The molecule has 106 valence electrons. The Balaban J connectivity index is 1.99. The summed E-state index contributed by atoms with van der Waals surface area (Å²) in [6, 6.07) is 5.61. The molecule has 1 aromatic heterocycles. The molecule has 1 aromatic carbocycles. The molecule has 0 aliphatic carbocycles. The Morgan fingerprint density at radius 2 is 2.20 bits per heavy atom. The number of fused-ring (bicyclic) bond motifs is 1. The van der Waals surface area contributed by atoms with Crippen LogP contribution < -0.4 is 0 Å². The maximum Gasteiger partial charge on any atom is 0.337 e. The second kappa shape index (κ2) is 5.25. The molecule has 1 aliphatic heterocycles. The number of nitrogens with zero attached hydrogens (tertiary/aromatic N) is 2. The molecular formula is C15H18N2O3. The maximum absolute atomic E-state index is 11.2. The van der Waals surface area contributed by atoms with Gasteiger partial charge in [-0.15, -0.1) is 0 Å². The Morgan fingerprint density at radius 1 is 1.45 bits per heavy atom. The predicted octanol–water partition coefficient (Wildman–Crippen LogP) is 2.72. The molecule has 2 heterocycles. The highest BCUT2D eigenvalue weighted by Crippen LogP contribution is 2.30. The molecule has 0 spiro atoms. The van der Waals surface area contributed by atoms with Gasteiger partial charge in [0.1, 0.15) is 5.52 Å². The summed E-state index contributed by atoms with van der Waals surface area (Å²) in [7, 11) is 0. The zero-order valence-electron chi connectivity index (χ0n) is 11.5. The summed E-state index contributed by atoms with van der Waals surface area (Å²) in [5, 5.41) is 9.21. The zero-order chi connectivity index (χ0) is 14.1. The van der Waals surface area contributed by atoms with Crippen molar-refractivity contribution >= 4 is 17.0 Å². The number of rotatable bonds is 3. The van der Waals surface area contributed by atoms with Crippen LogP contribution in [0.2, 0.25) is 0 Å². The number of hydrogen-bond donors (Lipinski definition) is 1. The SMILES string of the molecule is CC(C1CCOCC1)n1cnc2c(C(=O)O)cccc21. The van der Waals surface area contributed by atoms with Gasteiger partial charge in [0.05, 0.1) is 17.4 Å². The number of para-hydroxylation sites is 1. The van der Waals surface area contributed by atoms with E-state index in [9.17, 15) is 9.90 Å². The van der Waals surface area contributed by atoms with Crippen molar-refractivity contribution in [1.29, 1.82) is 0 Å². The normalized spacial score (nSPS) is 18.2. The van der Waals surface area contributed by atoms with Crippen molar-refractivity contribution in [2.24, 2.45) is 5.92 Å². The lowest BCUT2D eigenvalue weighted by atomic mass is 9.92. The summed E-state index contributed by atoms with van der Waals surface area (Å²) in [4.78, 5) is 15.5. The summed E-state index contributed by atoms with van der Waals surface area (Å²) in [5.74, 6) is -0.380. The Hall–Kier alpha value is -1.88. The van der Waals surface area contributed by atoms with Crippen LogP contribution in [0.3, 0.4) is 0 Å². The number of carboxylic acids is 1. The van der Waals surface area contributed by atoms with Gasteiger partial charge in [0.2, 0.25) is 0 Å². The fraction of sp³-hybridized carbons (Fsp3) is 0.467. The van der Waals surface area contributed by atoms with Crippen LogP contribution in [0.25, 0.3) is 11.0 Å². The van der Waals surface area contributed by atoms with Gasteiger partial charge in [-0.25, -0.2) is 9.78 Å². The highest BCUT2D eigenvalue weighted by atomic mass is 16.5. The molecule has 1 N–H and O–H groups in total. The van der Waals surface area contributed by atoms with E-state index < -0.39 is 5.97 Å². The van der Waals surface area contributed by atoms with E-state index in [2.05, 4.69) is 16.5 Å². The van der Waals surface area contributed by atoms with Crippen LogP contribution in [0.1, 0.15) is 36.2 Å². The number of aromatic nitrogens is 2. The molecule has 1 atom stereocenters. The number of aromatic carboxylic acids is 1. The highest BCUT2D eigenvalue weighted by Gasteiger charge is 2.23. The third-order valence-corrected chi connectivity index (χ3v) is 4.22. The van der Waals surface area contributed by atoms with Crippen LogP contribution in [0.4, 0.5) is 0 Å². The minimum Gasteiger partial charge on any atom is -0.478 e. The van der Waals surface area contributed by atoms with Gasteiger partial charge in [0.15, 0.2) is 0 Å². The second-order valence-corrected chi connectivity index (χ2v) is 5.32. The molecule has 1 saturated heterocycles. The molecule has 3 rings (SSSR count). The van der Waals surface area contributed by atoms with Crippen molar-refractivity contribution < 1.29 is 14.6 Å². The first-order chi connectivity index (χ1) is 9.68. The van der Waals surface area contributed by atoms with Crippen molar-refractivity contribution in [3.8, 4) is 0 Å². The van der Waals surface area contributed by atoms with Crippen LogP contribution in [0, 0.1) is 5.92 Å². The first kappa shape index (κ1) is 13.1. The Kier molecular flexibility index (Phi) is 3.44. The third-order valence-electron chi connectivity index (χ3n) is 4.22.